The van der Waals surface area contributed by atoms with Crippen LogP contribution in [0.25, 0.3) is 11.5 Å². The predicted molar refractivity (Wildman–Crippen MR) is 80.8 cm³/mol. The molecule has 6 heteroatoms. The summed E-state index contributed by atoms with van der Waals surface area (Å²) in [5, 5.41) is 9.81. The molecule has 0 aliphatic carbocycles. The molecule has 2 heterocycles. The van der Waals surface area contributed by atoms with Crippen LogP contribution in [-0.4, -0.2) is 28.2 Å². The van der Waals surface area contributed by atoms with Crippen LogP contribution in [0.4, 0.5) is 0 Å². The second kappa shape index (κ2) is 5.73. The molecule has 0 aliphatic heterocycles. The van der Waals surface area contributed by atoms with Crippen molar-refractivity contribution in [2.75, 3.05) is 6.54 Å². The lowest BCUT2D eigenvalue weighted by atomic mass is 9.88. The summed E-state index contributed by atoms with van der Waals surface area (Å²) in [7, 11) is 0. The summed E-state index contributed by atoms with van der Waals surface area (Å²) in [4.78, 5) is 12.3. The Kier molecular flexibility index (Phi) is 4.18. The Morgan fingerprint density at radius 1 is 1.52 bits per heavy atom. The molecule has 0 radical (unpaired) electrons. The van der Waals surface area contributed by atoms with Gasteiger partial charge in [0.2, 0.25) is 0 Å². The lowest BCUT2D eigenvalue weighted by molar-refractivity contribution is 0.0878. The van der Waals surface area contributed by atoms with Crippen LogP contribution in [0.15, 0.2) is 22.6 Å². The van der Waals surface area contributed by atoms with Gasteiger partial charge in [0.15, 0.2) is 11.5 Å². The minimum atomic E-state index is -0.461. The lowest BCUT2D eigenvalue weighted by Crippen LogP contribution is -2.55. The highest BCUT2D eigenvalue weighted by atomic mass is 16.3. The Labute approximate surface area is 124 Å². The van der Waals surface area contributed by atoms with Crippen LogP contribution < -0.4 is 11.1 Å². The molecule has 4 N–H and O–H groups in total. The third-order valence-electron chi connectivity index (χ3n) is 3.91. The van der Waals surface area contributed by atoms with Crippen LogP contribution >= 0.6 is 0 Å². The van der Waals surface area contributed by atoms with E-state index < -0.39 is 5.54 Å². The van der Waals surface area contributed by atoms with Crippen molar-refractivity contribution in [3.63, 3.8) is 0 Å². The summed E-state index contributed by atoms with van der Waals surface area (Å²) in [6.45, 7) is 8.20. The molecule has 114 valence electrons. The summed E-state index contributed by atoms with van der Waals surface area (Å²) >= 11 is 0. The fourth-order valence-corrected chi connectivity index (χ4v) is 1.90. The summed E-state index contributed by atoms with van der Waals surface area (Å²) in [5.74, 6) is 1.44. The highest BCUT2D eigenvalue weighted by Gasteiger charge is 2.29. The number of hydrogen-bond acceptors (Lipinski definition) is 4. The number of hydrogen-bond donors (Lipinski definition) is 3. The monoisotopic (exact) mass is 290 g/mol. The first kappa shape index (κ1) is 15.3. The number of aromatic amines is 1. The van der Waals surface area contributed by atoms with E-state index in [9.17, 15) is 4.79 Å². The lowest BCUT2D eigenvalue weighted by Gasteiger charge is -2.33. The van der Waals surface area contributed by atoms with Crippen molar-refractivity contribution in [2.24, 2.45) is 11.7 Å². The van der Waals surface area contributed by atoms with Gasteiger partial charge >= 0.3 is 0 Å². The highest BCUT2D eigenvalue weighted by Crippen LogP contribution is 2.21. The van der Waals surface area contributed by atoms with Gasteiger partial charge in [0.25, 0.3) is 5.91 Å². The van der Waals surface area contributed by atoms with Gasteiger partial charge in [0.05, 0.1) is 5.54 Å². The third-order valence-corrected chi connectivity index (χ3v) is 3.91. The SMILES string of the molecule is Cc1ccc(-c2cc(C(=O)NC(C)(CN)C(C)C)n[nH]2)o1. The Balaban J connectivity index is 2.16. The number of aryl methyl sites for hydroxylation is 1. The zero-order valence-electron chi connectivity index (χ0n) is 12.9. The van der Waals surface area contributed by atoms with E-state index in [0.717, 1.165) is 5.76 Å². The number of aromatic nitrogens is 2. The van der Waals surface area contributed by atoms with E-state index in [1.807, 2.05) is 39.8 Å². The standard InChI is InChI=1S/C15H22N4O2/c1-9(2)15(4,8-16)17-14(20)12-7-11(18-19-12)13-6-5-10(3)21-13/h5-7,9H,8,16H2,1-4H3,(H,17,20)(H,18,19). The van der Waals surface area contributed by atoms with Crippen molar-refractivity contribution in [3.05, 3.63) is 29.7 Å². The van der Waals surface area contributed by atoms with Crippen LogP contribution in [0.5, 0.6) is 0 Å². The molecule has 1 amide bonds. The zero-order valence-corrected chi connectivity index (χ0v) is 12.9. The topological polar surface area (TPSA) is 96.9 Å². The number of amides is 1. The molecule has 2 aromatic heterocycles. The van der Waals surface area contributed by atoms with E-state index in [2.05, 4.69) is 15.5 Å². The highest BCUT2D eigenvalue weighted by molar-refractivity contribution is 5.93. The average Bonchev–Trinajstić information content (AvgIpc) is 3.06. The molecule has 6 nitrogen and oxygen atoms in total. The number of furan rings is 1. The number of carbonyl (C=O) groups excluding carboxylic acids is 1. The quantitative estimate of drug-likeness (QED) is 0.785. The van der Waals surface area contributed by atoms with Gasteiger partial charge in [-0.1, -0.05) is 13.8 Å². The molecule has 0 fully saturated rings. The molecule has 0 aromatic carbocycles. The molecule has 0 spiro atoms. The number of nitrogens with one attached hydrogen (secondary N) is 2. The Morgan fingerprint density at radius 2 is 2.24 bits per heavy atom. The molecular formula is C15H22N4O2. The summed E-state index contributed by atoms with van der Waals surface area (Å²) in [6.07, 6.45) is 0. The first-order valence-electron chi connectivity index (χ1n) is 7.00. The largest absolute Gasteiger partial charge is 0.460 e. The fourth-order valence-electron chi connectivity index (χ4n) is 1.90. The molecule has 0 bridgehead atoms. The van der Waals surface area contributed by atoms with Gasteiger partial charge in [-0.3, -0.25) is 9.89 Å². The van der Waals surface area contributed by atoms with Crippen molar-refractivity contribution < 1.29 is 9.21 Å². The minimum absolute atomic E-state index is 0.220. The Bertz CT molecular complexity index is 629. The van der Waals surface area contributed by atoms with E-state index >= 15 is 0 Å². The first-order valence-corrected chi connectivity index (χ1v) is 7.00. The number of carbonyl (C=O) groups is 1. The van der Waals surface area contributed by atoms with Crippen molar-refractivity contribution in [1.29, 1.82) is 0 Å². The molecule has 2 aromatic rings. The van der Waals surface area contributed by atoms with Crippen LogP contribution in [0.1, 0.15) is 37.0 Å². The van der Waals surface area contributed by atoms with Crippen LogP contribution in [-0.2, 0) is 0 Å². The molecule has 2 rings (SSSR count). The number of rotatable bonds is 5. The van der Waals surface area contributed by atoms with Gasteiger partial charge in [-0.2, -0.15) is 5.10 Å². The number of nitrogens with two attached hydrogens (primary N) is 1. The second-order valence-electron chi connectivity index (χ2n) is 5.81. The minimum Gasteiger partial charge on any atom is -0.460 e. The van der Waals surface area contributed by atoms with Crippen LogP contribution in [0, 0.1) is 12.8 Å². The molecule has 0 saturated carbocycles. The number of H-pyrrole nitrogens is 1. The molecular weight excluding hydrogens is 268 g/mol. The molecule has 1 unspecified atom stereocenters. The Hall–Kier alpha value is -2.08. The maximum atomic E-state index is 12.3. The third kappa shape index (κ3) is 3.16. The van der Waals surface area contributed by atoms with E-state index in [-0.39, 0.29) is 11.8 Å². The van der Waals surface area contributed by atoms with Crippen molar-refractivity contribution in [1.82, 2.24) is 15.5 Å². The molecule has 0 saturated heterocycles. The molecule has 0 aliphatic rings. The summed E-state index contributed by atoms with van der Waals surface area (Å²) < 4.78 is 5.50. The van der Waals surface area contributed by atoms with Crippen molar-refractivity contribution in [3.8, 4) is 11.5 Å². The normalized spacial score (nSPS) is 14.2. The van der Waals surface area contributed by atoms with E-state index in [4.69, 9.17) is 10.2 Å². The second-order valence-corrected chi connectivity index (χ2v) is 5.81. The summed E-state index contributed by atoms with van der Waals surface area (Å²) in [5.41, 5.74) is 6.31. The Morgan fingerprint density at radius 3 is 2.76 bits per heavy atom. The van der Waals surface area contributed by atoms with Crippen LogP contribution in [0.3, 0.4) is 0 Å². The van der Waals surface area contributed by atoms with E-state index in [1.54, 1.807) is 6.07 Å². The maximum Gasteiger partial charge on any atom is 0.272 e. The predicted octanol–water partition coefficient (Wildman–Crippen LogP) is 2.08. The number of nitrogens with zero attached hydrogens (tertiary/aromatic N) is 1. The zero-order chi connectivity index (χ0) is 15.6. The smallest absolute Gasteiger partial charge is 0.272 e. The van der Waals surface area contributed by atoms with Gasteiger partial charge in [-0.05, 0) is 31.9 Å². The van der Waals surface area contributed by atoms with Gasteiger partial charge in [0.1, 0.15) is 11.5 Å². The van der Waals surface area contributed by atoms with E-state index in [1.165, 1.54) is 0 Å². The average molecular weight is 290 g/mol. The van der Waals surface area contributed by atoms with Gasteiger partial charge in [-0.15, -0.1) is 0 Å². The summed E-state index contributed by atoms with van der Waals surface area (Å²) in [6, 6.07) is 5.37. The van der Waals surface area contributed by atoms with Gasteiger partial charge < -0.3 is 15.5 Å². The van der Waals surface area contributed by atoms with Crippen molar-refractivity contribution in [2.45, 2.75) is 33.2 Å². The van der Waals surface area contributed by atoms with Gasteiger partial charge in [0, 0.05) is 12.6 Å². The molecule has 21 heavy (non-hydrogen) atoms. The maximum absolute atomic E-state index is 12.3. The fraction of sp³-hybridized carbons (Fsp3) is 0.467. The van der Waals surface area contributed by atoms with E-state index in [0.29, 0.717) is 23.7 Å². The first-order chi connectivity index (χ1) is 9.85. The van der Waals surface area contributed by atoms with Crippen LogP contribution in [0.2, 0.25) is 0 Å². The van der Waals surface area contributed by atoms with Gasteiger partial charge in [-0.25, -0.2) is 0 Å². The van der Waals surface area contributed by atoms with Crippen molar-refractivity contribution >= 4 is 5.91 Å². The molecule has 1 atom stereocenters.